The van der Waals surface area contributed by atoms with Crippen LogP contribution < -0.4 is 0 Å². The van der Waals surface area contributed by atoms with Crippen LogP contribution >= 0.6 is 0 Å². The molecule has 0 atom stereocenters. The fraction of sp³-hybridized carbons (Fsp3) is 0.833. The molecule has 0 radical (unpaired) electrons. The molecule has 0 saturated carbocycles. The van der Waals surface area contributed by atoms with Gasteiger partial charge in [-0.2, -0.15) is 8.42 Å². The van der Waals surface area contributed by atoms with Gasteiger partial charge in [-0.25, -0.2) is 0 Å². The molecule has 0 spiro atoms. The Bertz CT molecular complexity index is 208. The zero-order valence-corrected chi connectivity index (χ0v) is 7.67. The van der Waals surface area contributed by atoms with Crippen molar-refractivity contribution in [3.8, 4) is 0 Å². The Hall–Kier alpha value is -0.620. The second-order valence-electron chi connectivity index (χ2n) is 2.20. The van der Waals surface area contributed by atoms with E-state index in [-0.39, 0.29) is 6.61 Å². The number of carbonyl (C=O) groups excluding carboxylic acids is 1. The van der Waals surface area contributed by atoms with Crippen LogP contribution in [0.3, 0.4) is 0 Å². The second-order valence-corrected chi connectivity index (χ2v) is 3.84. The van der Waals surface area contributed by atoms with Crippen molar-refractivity contribution in [1.82, 2.24) is 0 Å². The summed E-state index contributed by atoms with van der Waals surface area (Å²) < 4.78 is 29.6. The van der Waals surface area contributed by atoms with Crippen molar-refractivity contribution >= 4 is 16.6 Å². The number of carbonyl (C=O) groups is 1. The van der Waals surface area contributed by atoms with E-state index in [1.54, 1.807) is 0 Å². The van der Waals surface area contributed by atoms with E-state index in [1.807, 2.05) is 0 Å². The highest BCUT2D eigenvalue weighted by Gasteiger charge is 1.99. The standard InChI is InChI=1S/C6H12O5S/c1-12(8,9)11-5-3-2-4-10-6-7/h6H,2-5H2,1H3. The molecular weight excluding hydrogens is 184 g/mol. The van der Waals surface area contributed by atoms with Crippen LogP contribution in [0.4, 0.5) is 0 Å². The van der Waals surface area contributed by atoms with Crippen LogP contribution in [0.2, 0.25) is 0 Å². The summed E-state index contributed by atoms with van der Waals surface area (Å²) in [5, 5.41) is 0. The molecule has 0 heterocycles. The molecule has 0 saturated heterocycles. The molecule has 72 valence electrons. The minimum Gasteiger partial charge on any atom is -0.468 e. The van der Waals surface area contributed by atoms with Crippen molar-refractivity contribution in [3.63, 3.8) is 0 Å². The summed E-state index contributed by atoms with van der Waals surface area (Å²) in [5.41, 5.74) is 0. The van der Waals surface area contributed by atoms with Gasteiger partial charge in [0.1, 0.15) is 0 Å². The molecule has 0 aliphatic carbocycles. The van der Waals surface area contributed by atoms with Crippen LogP contribution in [0.1, 0.15) is 12.8 Å². The Kier molecular flexibility index (Phi) is 5.65. The highest BCUT2D eigenvalue weighted by Crippen LogP contribution is 1.93. The highest BCUT2D eigenvalue weighted by molar-refractivity contribution is 7.85. The normalized spacial score (nSPS) is 11.1. The molecule has 0 aromatic rings. The molecule has 0 aliphatic rings. The molecule has 0 fully saturated rings. The van der Waals surface area contributed by atoms with Crippen molar-refractivity contribution in [1.29, 1.82) is 0 Å². The Morgan fingerprint density at radius 3 is 2.33 bits per heavy atom. The van der Waals surface area contributed by atoms with Crippen molar-refractivity contribution in [3.05, 3.63) is 0 Å². The maximum Gasteiger partial charge on any atom is 0.293 e. The highest BCUT2D eigenvalue weighted by atomic mass is 32.2. The first-order chi connectivity index (χ1) is 5.56. The van der Waals surface area contributed by atoms with Gasteiger partial charge < -0.3 is 4.74 Å². The molecule has 0 N–H and O–H groups in total. The summed E-state index contributed by atoms with van der Waals surface area (Å²) in [5.74, 6) is 0. The number of unbranched alkanes of at least 4 members (excludes halogenated alkanes) is 1. The number of ether oxygens (including phenoxy) is 1. The first kappa shape index (κ1) is 11.4. The third kappa shape index (κ3) is 9.38. The van der Waals surface area contributed by atoms with Gasteiger partial charge in [0.2, 0.25) is 0 Å². The van der Waals surface area contributed by atoms with Gasteiger partial charge in [0.15, 0.2) is 0 Å². The van der Waals surface area contributed by atoms with Crippen LogP contribution in [0.5, 0.6) is 0 Å². The van der Waals surface area contributed by atoms with Crippen molar-refractivity contribution in [2.24, 2.45) is 0 Å². The Balaban J connectivity index is 3.17. The molecule has 5 nitrogen and oxygen atoms in total. The van der Waals surface area contributed by atoms with Crippen LogP contribution in [0, 0.1) is 0 Å². The Morgan fingerprint density at radius 2 is 1.83 bits per heavy atom. The van der Waals surface area contributed by atoms with Crippen molar-refractivity contribution in [2.75, 3.05) is 19.5 Å². The maximum absolute atomic E-state index is 10.4. The topological polar surface area (TPSA) is 69.7 Å². The van der Waals surface area contributed by atoms with E-state index in [1.165, 1.54) is 0 Å². The molecule has 6 heteroatoms. The molecule has 0 bridgehead atoms. The van der Waals surface area contributed by atoms with E-state index in [0.29, 0.717) is 25.9 Å². The molecule has 0 aliphatic heterocycles. The van der Waals surface area contributed by atoms with Gasteiger partial charge in [-0.05, 0) is 12.8 Å². The van der Waals surface area contributed by atoms with Crippen LogP contribution in [-0.4, -0.2) is 34.4 Å². The van der Waals surface area contributed by atoms with Crippen LogP contribution in [0.25, 0.3) is 0 Å². The lowest BCUT2D eigenvalue weighted by atomic mass is 10.3. The van der Waals surface area contributed by atoms with Gasteiger partial charge in [-0.3, -0.25) is 8.98 Å². The number of rotatable bonds is 7. The smallest absolute Gasteiger partial charge is 0.293 e. The van der Waals surface area contributed by atoms with Gasteiger partial charge in [0.05, 0.1) is 19.5 Å². The van der Waals surface area contributed by atoms with Crippen LogP contribution in [0.15, 0.2) is 0 Å². The second kappa shape index (κ2) is 5.96. The van der Waals surface area contributed by atoms with E-state index >= 15 is 0 Å². The number of hydrogen-bond acceptors (Lipinski definition) is 5. The van der Waals surface area contributed by atoms with E-state index in [9.17, 15) is 13.2 Å². The largest absolute Gasteiger partial charge is 0.468 e. The summed E-state index contributed by atoms with van der Waals surface area (Å²) in [7, 11) is -3.33. The molecule has 0 aromatic carbocycles. The molecular formula is C6H12O5S. The Morgan fingerprint density at radius 1 is 1.25 bits per heavy atom. The van der Waals surface area contributed by atoms with Gasteiger partial charge >= 0.3 is 0 Å². The zero-order valence-electron chi connectivity index (χ0n) is 6.86. The van der Waals surface area contributed by atoms with E-state index < -0.39 is 10.1 Å². The van der Waals surface area contributed by atoms with Gasteiger partial charge in [-0.15, -0.1) is 0 Å². The van der Waals surface area contributed by atoms with E-state index in [4.69, 9.17) is 0 Å². The first-order valence-electron chi connectivity index (χ1n) is 3.46. The summed E-state index contributed by atoms with van der Waals surface area (Å²) in [6, 6.07) is 0. The fourth-order valence-electron chi connectivity index (χ4n) is 0.546. The SMILES string of the molecule is CS(=O)(=O)OCCCCOC=O. The quantitative estimate of drug-likeness (QED) is 0.323. The predicted octanol–water partition coefficient (Wildman–Crippen LogP) is -0.0842. The summed E-state index contributed by atoms with van der Waals surface area (Å²) >= 11 is 0. The molecule has 0 rings (SSSR count). The molecule has 12 heavy (non-hydrogen) atoms. The van der Waals surface area contributed by atoms with Crippen molar-refractivity contribution in [2.45, 2.75) is 12.8 Å². The summed E-state index contributed by atoms with van der Waals surface area (Å²) in [4.78, 5) is 9.65. The summed E-state index contributed by atoms with van der Waals surface area (Å²) in [6.07, 6.45) is 2.16. The average Bonchev–Trinajstić information content (AvgIpc) is 1.94. The minimum absolute atomic E-state index is 0.140. The molecule has 0 amide bonds. The van der Waals surface area contributed by atoms with Crippen molar-refractivity contribution < 1.29 is 22.1 Å². The third-order valence-electron chi connectivity index (χ3n) is 1.02. The van der Waals surface area contributed by atoms with Gasteiger partial charge in [0, 0.05) is 0 Å². The monoisotopic (exact) mass is 196 g/mol. The van der Waals surface area contributed by atoms with Gasteiger partial charge in [0.25, 0.3) is 16.6 Å². The molecule has 0 aromatic heterocycles. The van der Waals surface area contributed by atoms with E-state index in [2.05, 4.69) is 8.92 Å². The maximum atomic E-state index is 10.4. The third-order valence-corrected chi connectivity index (χ3v) is 1.62. The average molecular weight is 196 g/mol. The predicted molar refractivity (Wildman–Crippen MR) is 42.0 cm³/mol. The zero-order chi connectivity index (χ0) is 9.45. The van der Waals surface area contributed by atoms with E-state index in [0.717, 1.165) is 6.26 Å². The summed E-state index contributed by atoms with van der Waals surface area (Å²) in [6.45, 7) is 0.801. The lowest BCUT2D eigenvalue weighted by Crippen LogP contribution is -2.04. The first-order valence-corrected chi connectivity index (χ1v) is 5.27. The minimum atomic E-state index is -3.33. The van der Waals surface area contributed by atoms with Crippen LogP contribution in [-0.2, 0) is 23.8 Å². The lowest BCUT2D eigenvalue weighted by molar-refractivity contribution is -0.128. The lowest BCUT2D eigenvalue weighted by Gasteiger charge is -1.99. The van der Waals surface area contributed by atoms with Gasteiger partial charge in [-0.1, -0.05) is 0 Å². The number of hydrogen-bond donors (Lipinski definition) is 0. The molecule has 0 unspecified atom stereocenters. The fourth-order valence-corrected chi connectivity index (χ4v) is 0.966. The Labute approximate surface area is 71.8 Å².